The van der Waals surface area contributed by atoms with Gasteiger partial charge in [0.1, 0.15) is 5.82 Å². The van der Waals surface area contributed by atoms with E-state index in [2.05, 4.69) is 28.2 Å². The standard InChI is InChI=1S/C17H20BrFN2/c1-2-10-20-16-11-6-4-3-5-7-14(11)21-17-12(18)8-9-13(19)15(16)17/h8-9H,2-7,10H2,1H3,(H,20,21). The molecular formula is C17H20BrFN2. The molecule has 0 saturated carbocycles. The number of hydrogen-bond donors (Lipinski definition) is 1. The monoisotopic (exact) mass is 350 g/mol. The fourth-order valence-corrected chi connectivity index (χ4v) is 3.50. The minimum Gasteiger partial charge on any atom is -0.384 e. The van der Waals surface area contributed by atoms with E-state index in [-0.39, 0.29) is 5.82 Å². The Morgan fingerprint density at radius 2 is 2.05 bits per heavy atom. The fraction of sp³-hybridized carbons (Fsp3) is 0.471. The maximum Gasteiger partial charge on any atom is 0.134 e. The van der Waals surface area contributed by atoms with Crippen LogP contribution in [0.2, 0.25) is 0 Å². The molecule has 0 bridgehead atoms. The molecule has 0 amide bonds. The Balaban J connectivity index is 2.29. The lowest BCUT2D eigenvalue weighted by molar-refractivity contribution is 0.639. The van der Waals surface area contributed by atoms with Crippen molar-refractivity contribution in [2.24, 2.45) is 0 Å². The highest BCUT2D eigenvalue weighted by Gasteiger charge is 2.20. The van der Waals surface area contributed by atoms with Gasteiger partial charge in [-0.1, -0.05) is 13.3 Å². The second-order valence-corrected chi connectivity index (χ2v) is 6.51. The van der Waals surface area contributed by atoms with Crippen molar-refractivity contribution in [2.75, 3.05) is 11.9 Å². The minimum absolute atomic E-state index is 0.189. The Bertz CT molecular complexity index is 670. The number of nitrogens with zero attached hydrogens (tertiary/aromatic N) is 1. The molecule has 4 heteroatoms. The van der Waals surface area contributed by atoms with Crippen LogP contribution in [0, 0.1) is 5.82 Å². The van der Waals surface area contributed by atoms with Crippen molar-refractivity contribution in [1.29, 1.82) is 0 Å². The summed E-state index contributed by atoms with van der Waals surface area (Å²) >= 11 is 3.52. The second-order valence-electron chi connectivity index (χ2n) is 5.65. The lowest BCUT2D eigenvalue weighted by atomic mass is 10.0. The number of rotatable bonds is 3. The molecule has 1 aromatic heterocycles. The van der Waals surface area contributed by atoms with Crippen LogP contribution in [0.1, 0.15) is 43.9 Å². The molecule has 2 aromatic rings. The van der Waals surface area contributed by atoms with Crippen molar-refractivity contribution >= 4 is 32.5 Å². The normalized spacial score (nSPS) is 14.8. The Morgan fingerprint density at radius 1 is 1.24 bits per heavy atom. The summed E-state index contributed by atoms with van der Waals surface area (Å²) in [6.45, 7) is 2.98. The molecule has 21 heavy (non-hydrogen) atoms. The number of pyridine rings is 1. The molecule has 1 N–H and O–H groups in total. The van der Waals surface area contributed by atoms with Gasteiger partial charge in [-0.25, -0.2) is 4.39 Å². The molecule has 112 valence electrons. The van der Waals surface area contributed by atoms with E-state index in [4.69, 9.17) is 4.98 Å². The molecule has 1 aliphatic rings. The van der Waals surface area contributed by atoms with Crippen LogP contribution in [0.25, 0.3) is 10.9 Å². The van der Waals surface area contributed by atoms with Crippen molar-refractivity contribution in [3.63, 3.8) is 0 Å². The number of nitrogens with one attached hydrogen (secondary N) is 1. The van der Waals surface area contributed by atoms with Gasteiger partial charge in [0.2, 0.25) is 0 Å². The highest BCUT2D eigenvalue weighted by molar-refractivity contribution is 9.10. The molecule has 0 unspecified atom stereocenters. The lowest BCUT2D eigenvalue weighted by Crippen LogP contribution is -2.09. The molecule has 0 radical (unpaired) electrons. The van der Waals surface area contributed by atoms with Crippen LogP contribution >= 0.6 is 15.9 Å². The summed E-state index contributed by atoms with van der Waals surface area (Å²) in [4.78, 5) is 4.78. The van der Waals surface area contributed by atoms with Gasteiger partial charge in [0.15, 0.2) is 0 Å². The molecule has 2 nitrogen and oxygen atoms in total. The van der Waals surface area contributed by atoms with Gasteiger partial charge < -0.3 is 5.32 Å². The Morgan fingerprint density at radius 3 is 2.86 bits per heavy atom. The number of benzene rings is 1. The third-order valence-corrected chi connectivity index (χ3v) is 4.76. The van der Waals surface area contributed by atoms with Gasteiger partial charge >= 0.3 is 0 Å². The molecule has 1 aliphatic carbocycles. The summed E-state index contributed by atoms with van der Waals surface area (Å²) in [7, 11) is 0. The zero-order chi connectivity index (χ0) is 14.8. The number of halogens is 2. The van der Waals surface area contributed by atoms with Crippen molar-refractivity contribution < 1.29 is 4.39 Å². The summed E-state index contributed by atoms with van der Waals surface area (Å²) in [5.41, 5.74) is 4.09. The molecule has 1 aromatic carbocycles. The molecule has 3 rings (SSSR count). The summed E-state index contributed by atoms with van der Waals surface area (Å²) in [5.74, 6) is -0.189. The van der Waals surface area contributed by atoms with Crippen LogP contribution in [-0.4, -0.2) is 11.5 Å². The summed E-state index contributed by atoms with van der Waals surface area (Å²) in [6, 6.07) is 3.27. The van der Waals surface area contributed by atoms with Crippen LogP contribution in [0.5, 0.6) is 0 Å². The van der Waals surface area contributed by atoms with E-state index in [0.717, 1.165) is 53.6 Å². The van der Waals surface area contributed by atoms with Crippen molar-refractivity contribution in [1.82, 2.24) is 4.98 Å². The average Bonchev–Trinajstić information content (AvgIpc) is 2.73. The van der Waals surface area contributed by atoms with Crippen LogP contribution < -0.4 is 5.32 Å². The van der Waals surface area contributed by atoms with Gasteiger partial charge in [-0.05, 0) is 65.7 Å². The molecule has 0 fully saturated rings. The van der Waals surface area contributed by atoms with Gasteiger partial charge in [0, 0.05) is 16.7 Å². The van der Waals surface area contributed by atoms with E-state index in [1.54, 1.807) is 6.07 Å². The van der Waals surface area contributed by atoms with Crippen molar-refractivity contribution in [2.45, 2.75) is 45.4 Å². The molecule has 1 heterocycles. The number of hydrogen-bond acceptors (Lipinski definition) is 2. The molecular weight excluding hydrogens is 331 g/mol. The molecule has 0 spiro atoms. The second kappa shape index (κ2) is 6.30. The summed E-state index contributed by atoms with van der Waals surface area (Å²) in [6.07, 6.45) is 6.57. The van der Waals surface area contributed by atoms with Crippen LogP contribution in [0.4, 0.5) is 10.1 Å². The number of fused-ring (bicyclic) bond motifs is 2. The number of aromatic nitrogens is 1. The first-order valence-corrected chi connectivity index (χ1v) is 8.55. The first-order chi connectivity index (χ1) is 10.2. The molecule has 0 atom stereocenters. The van der Waals surface area contributed by atoms with Crippen LogP contribution in [0.15, 0.2) is 16.6 Å². The third-order valence-electron chi connectivity index (χ3n) is 4.12. The fourth-order valence-electron chi connectivity index (χ4n) is 3.08. The largest absolute Gasteiger partial charge is 0.384 e. The topological polar surface area (TPSA) is 24.9 Å². The maximum absolute atomic E-state index is 14.4. The lowest BCUT2D eigenvalue weighted by Gasteiger charge is -2.18. The summed E-state index contributed by atoms with van der Waals surface area (Å²) in [5, 5.41) is 4.10. The van der Waals surface area contributed by atoms with E-state index in [1.807, 2.05) is 0 Å². The Labute approximate surface area is 133 Å². The predicted molar refractivity (Wildman–Crippen MR) is 89.4 cm³/mol. The van der Waals surface area contributed by atoms with Gasteiger partial charge in [-0.15, -0.1) is 0 Å². The van der Waals surface area contributed by atoms with E-state index in [0.29, 0.717) is 5.39 Å². The minimum atomic E-state index is -0.189. The third kappa shape index (κ3) is 2.78. The highest BCUT2D eigenvalue weighted by atomic mass is 79.9. The quantitative estimate of drug-likeness (QED) is 0.766. The van der Waals surface area contributed by atoms with Crippen molar-refractivity contribution in [3.05, 3.63) is 33.7 Å². The zero-order valence-electron chi connectivity index (χ0n) is 12.3. The number of anilines is 1. The SMILES string of the molecule is CCCNc1c2c(nc3c(Br)ccc(F)c13)CCCCC2. The van der Waals surface area contributed by atoms with Gasteiger partial charge in [-0.3, -0.25) is 4.98 Å². The van der Waals surface area contributed by atoms with Gasteiger partial charge in [0.05, 0.1) is 16.6 Å². The van der Waals surface area contributed by atoms with E-state index >= 15 is 0 Å². The first kappa shape index (κ1) is 14.8. The highest BCUT2D eigenvalue weighted by Crippen LogP contribution is 2.36. The molecule has 0 saturated heterocycles. The average molecular weight is 351 g/mol. The maximum atomic E-state index is 14.4. The first-order valence-electron chi connectivity index (χ1n) is 7.75. The van der Waals surface area contributed by atoms with E-state index < -0.39 is 0 Å². The zero-order valence-corrected chi connectivity index (χ0v) is 13.9. The Kier molecular flexibility index (Phi) is 4.43. The Hall–Kier alpha value is -1.16. The summed E-state index contributed by atoms with van der Waals surface area (Å²) < 4.78 is 15.3. The van der Waals surface area contributed by atoms with E-state index in [1.165, 1.54) is 24.5 Å². The van der Waals surface area contributed by atoms with Gasteiger partial charge in [0.25, 0.3) is 0 Å². The van der Waals surface area contributed by atoms with Crippen LogP contribution in [-0.2, 0) is 12.8 Å². The molecule has 0 aliphatic heterocycles. The van der Waals surface area contributed by atoms with E-state index in [9.17, 15) is 4.39 Å². The van der Waals surface area contributed by atoms with Gasteiger partial charge in [-0.2, -0.15) is 0 Å². The smallest absolute Gasteiger partial charge is 0.134 e. The number of aryl methyl sites for hydroxylation is 1. The predicted octanol–water partition coefficient (Wildman–Crippen LogP) is 5.23. The van der Waals surface area contributed by atoms with Crippen LogP contribution in [0.3, 0.4) is 0 Å². The van der Waals surface area contributed by atoms with Crippen molar-refractivity contribution in [3.8, 4) is 0 Å².